The molecule has 1 atom stereocenters. The van der Waals surface area contributed by atoms with Gasteiger partial charge in [0.25, 0.3) is 0 Å². The van der Waals surface area contributed by atoms with E-state index >= 15 is 0 Å². The number of hydrogen-bond donors (Lipinski definition) is 2. The first kappa shape index (κ1) is 22.9. The van der Waals surface area contributed by atoms with Gasteiger partial charge in [-0.1, -0.05) is 29.8 Å². The van der Waals surface area contributed by atoms with Crippen molar-refractivity contribution in [3.63, 3.8) is 0 Å². The molecule has 8 heteroatoms. The third-order valence-corrected chi connectivity index (χ3v) is 5.14. The zero-order chi connectivity index (χ0) is 22.4. The van der Waals surface area contributed by atoms with Crippen LogP contribution < -0.4 is 20.1 Å². The molecule has 2 N–H and O–H groups in total. The molecule has 1 aliphatic rings. The Balaban J connectivity index is 1.89. The van der Waals surface area contributed by atoms with E-state index in [1.165, 1.54) is 0 Å². The molecule has 0 amide bonds. The van der Waals surface area contributed by atoms with Gasteiger partial charge < -0.3 is 24.8 Å². The number of halogens is 1. The van der Waals surface area contributed by atoms with E-state index in [0.29, 0.717) is 46.1 Å². The smallest absolute Gasteiger partial charge is 0.338 e. The highest BCUT2D eigenvalue weighted by atomic mass is 35.5. The Kier molecular flexibility index (Phi) is 7.76. The highest BCUT2D eigenvalue weighted by Crippen LogP contribution is 2.35. The summed E-state index contributed by atoms with van der Waals surface area (Å²) in [6, 6.07) is 12.6. The van der Waals surface area contributed by atoms with Gasteiger partial charge in [-0.3, -0.25) is 0 Å². The first-order chi connectivity index (χ1) is 14.9. The van der Waals surface area contributed by atoms with Crippen LogP contribution in [0.2, 0.25) is 5.02 Å². The van der Waals surface area contributed by atoms with Crippen molar-refractivity contribution in [3.05, 3.63) is 69.9 Å². The minimum atomic E-state index is -0.461. The Bertz CT molecular complexity index is 992. The first-order valence-electron chi connectivity index (χ1n) is 10.0. The average Bonchev–Trinajstić information content (AvgIpc) is 2.73. The molecular formula is C23H25ClN2O4S. The summed E-state index contributed by atoms with van der Waals surface area (Å²) in [6.45, 7) is 6.62. The molecule has 0 fully saturated rings. The third-order valence-electron chi connectivity index (χ3n) is 4.67. The number of benzene rings is 2. The van der Waals surface area contributed by atoms with Gasteiger partial charge in [0.15, 0.2) is 16.6 Å². The molecule has 2 aromatic carbocycles. The molecule has 31 heavy (non-hydrogen) atoms. The zero-order valence-electron chi connectivity index (χ0n) is 17.7. The lowest BCUT2D eigenvalue weighted by Crippen LogP contribution is -2.45. The van der Waals surface area contributed by atoms with Crippen LogP contribution in [0.4, 0.5) is 0 Å². The van der Waals surface area contributed by atoms with Gasteiger partial charge in [0.05, 0.1) is 24.8 Å². The number of hydrogen-bond acceptors (Lipinski definition) is 5. The van der Waals surface area contributed by atoms with Crippen LogP contribution in [0.5, 0.6) is 11.5 Å². The summed E-state index contributed by atoms with van der Waals surface area (Å²) in [5.74, 6) is 0.796. The van der Waals surface area contributed by atoms with Crippen molar-refractivity contribution in [2.75, 3.05) is 13.2 Å². The maximum atomic E-state index is 12.6. The predicted molar refractivity (Wildman–Crippen MR) is 124 cm³/mol. The fourth-order valence-electron chi connectivity index (χ4n) is 3.26. The highest BCUT2D eigenvalue weighted by Gasteiger charge is 2.31. The second kappa shape index (κ2) is 10.5. The molecule has 0 aromatic heterocycles. The van der Waals surface area contributed by atoms with Crippen LogP contribution in [-0.2, 0) is 16.1 Å². The quantitative estimate of drug-likeness (QED) is 0.438. The molecule has 1 heterocycles. The summed E-state index contributed by atoms with van der Waals surface area (Å²) in [6.07, 6.45) is 0. The van der Waals surface area contributed by atoms with Gasteiger partial charge >= 0.3 is 5.97 Å². The Hall–Kier alpha value is -2.77. The maximum Gasteiger partial charge on any atom is 0.338 e. The van der Waals surface area contributed by atoms with E-state index < -0.39 is 12.0 Å². The summed E-state index contributed by atoms with van der Waals surface area (Å²) in [5.41, 5.74) is 2.94. The number of allylic oxidation sites excluding steroid dienone is 1. The topological polar surface area (TPSA) is 68.8 Å². The van der Waals surface area contributed by atoms with Crippen LogP contribution >= 0.6 is 23.8 Å². The number of thiocarbonyl (C=S) groups is 1. The summed E-state index contributed by atoms with van der Waals surface area (Å²) in [7, 11) is 0. The van der Waals surface area contributed by atoms with Crippen molar-refractivity contribution < 1.29 is 19.0 Å². The number of rotatable bonds is 8. The average molecular weight is 461 g/mol. The molecule has 0 bridgehead atoms. The molecule has 1 unspecified atom stereocenters. The fraction of sp³-hybridized carbons (Fsp3) is 0.304. The van der Waals surface area contributed by atoms with Gasteiger partial charge in [0.2, 0.25) is 0 Å². The third kappa shape index (κ3) is 5.68. The largest absolute Gasteiger partial charge is 0.490 e. The lowest BCUT2D eigenvalue weighted by atomic mass is 9.95. The number of carbonyl (C=O) groups is 1. The Morgan fingerprint density at radius 3 is 2.48 bits per heavy atom. The molecule has 0 saturated carbocycles. The summed E-state index contributed by atoms with van der Waals surface area (Å²) >= 11 is 11.2. The number of nitrogens with one attached hydrogen (secondary N) is 2. The van der Waals surface area contributed by atoms with Gasteiger partial charge in [-0.25, -0.2) is 4.79 Å². The number of esters is 1. The normalized spacial score (nSPS) is 15.7. The predicted octanol–water partition coefficient (Wildman–Crippen LogP) is 4.67. The van der Waals surface area contributed by atoms with Crippen LogP contribution in [0.1, 0.15) is 37.9 Å². The molecule has 0 saturated heterocycles. The second-order valence-electron chi connectivity index (χ2n) is 6.84. The minimum absolute atomic E-state index is 0.286. The summed E-state index contributed by atoms with van der Waals surface area (Å²) < 4.78 is 17.1. The lowest BCUT2D eigenvalue weighted by molar-refractivity contribution is -0.139. The van der Waals surface area contributed by atoms with Crippen LogP contribution in [-0.4, -0.2) is 24.3 Å². The molecule has 0 spiro atoms. The molecule has 164 valence electrons. The maximum absolute atomic E-state index is 12.6. The van der Waals surface area contributed by atoms with Crippen molar-refractivity contribution in [1.29, 1.82) is 0 Å². The van der Waals surface area contributed by atoms with Crippen molar-refractivity contribution >= 4 is 34.9 Å². The highest BCUT2D eigenvalue weighted by molar-refractivity contribution is 7.80. The van der Waals surface area contributed by atoms with E-state index in [1.54, 1.807) is 13.8 Å². The van der Waals surface area contributed by atoms with Gasteiger partial charge in [0, 0.05) is 10.7 Å². The SMILES string of the molecule is CCOC(=O)C1=C(C)NC(=S)NC1c1ccc(OCc2ccc(Cl)cc2)c(OCC)c1. The van der Waals surface area contributed by atoms with E-state index in [0.717, 1.165) is 11.1 Å². The summed E-state index contributed by atoms with van der Waals surface area (Å²) in [4.78, 5) is 12.6. The Morgan fingerprint density at radius 1 is 1.06 bits per heavy atom. The van der Waals surface area contributed by atoms with E-state index in [2.05, 4.69) is 10.6 Å². The van der Waals surface area contributed by atoms with Crippen LogP contribution in [0.3, 0.4) is 0 Å². The van der Waals surface area contributed by atoms with Crippen molar-refractivity contribution in [1.82, 2.24) is 10.6 Å². The van der Waals surface area contributed by atoms with Gasteiger partial charge in [-0.05, 0) is 68.4 Å². The first-order valence-corrected chi connectivity index (χ1v) is 10.8. The number of ether oxygens (including phenoxy) is 3. The van der Waals surface area contributed by atoms with Crippen molar-refractivity contribution in [2.24, 2.45) is 0 Å². The van der Waals surface area contributed by atoms with Crippen LogP contribution in [0.15, 0.2) is 53.7 Å². The molecule has 2 aromatic rings. The second-order valence-corrected chi connectivity index (χ2v) is 7.69. The Labute approximate surface area is 192 Å². The van der Waals surface area contributed by atoms with E-state index in [-0.39, 0.29) is 6.61 Å². The van der Waals surface area contributed by atoms with Crippen molar-refractivity contribution in [3.8, 4) is 11.5 Å². The van der Waals surface area contributed by atoms with Gasteiger partial charge in [-0.15, -0.1) is 0 Å². The molecule has 3 rings (SSSR count). The Morgan fingerprint density at radius 2 is 1.81 bits per heavy atom. The molecule has 6 nitrogen and oxygen atoms in total. The standard InChI is InChI=1S/C23H25ClN2O4S/c1-4-28-19-12-16(8-11-18(19)30-13-15-6-9-17(24)10-7-15)21-20(22(27)29-5-2)14(3)25-23(31)26-21/h6-12,21H,4-5,13H2,1-3H3,(H2,25,26,31). The molecular weight excluding hydrogens is 436 g/mol. The van der Waals surface area contributed by atoms with Crippen LogP contribution in [0, 0.1) is 0 Å². The van der Waals surface area contributed by atoms with Crippen LogP contribution in [0.25, 0.3) is 0 Å². The number of carbonyl (C=O) groups excluding carboxylic acids is 1. The molecule has 1 aliphatic heterocycles. The minimum Gasteiger partial charge on any atom is -0.490 e. The van der Waals surface area contributed by atoms with Crippen molar-refractivity contribution in [2.45, 2.75) is 33.4 Å². The molecule has 0 radical (unpaired) electrons. The monoisotopic (exact) mass is 460 g/mol. The van der Waals surface area contributed by atoms with E-state index in [9.17, 15) is 4.79 Å². The van der Waals surface area contributed by atoms with Gasteiger partial charge in [0.1, 0.15) is 6.61 Å². The van der Waals surface area contributed by atoms with E-state index in [1.807, 2.05) is 49.4 Å². The lowest BCUT2D eigenvalue weighted by Gasteiger charge is -2.30. The molecule has 0 aliphatic carbocycles. The van der Waals surface area contributed by atoms with E-state index in [4.69, 9.17) is 38.0 Å². The van der Waals surface area contributed by atoms with Gasteiger partial charge in [-0.2, -0.15) is 0 Å². The fourth-order valence-corrected chi connectivity index (χ4v) is 3.65. The summed E-state index contributed by atoms with van der Waals surface area (Å²) in [5, 5.41) is 7.27. The zero-order valence-corrected chi connectivity index (χ0v) is 19.2.